The lowest BCUT2D eigenvalue weighted by Gasteiger charge is -2.26. The molecule has 4 heteroatoms. The number of furan rings is 1. The van der Waals surface area contributed by atoms with Crippen molar-refractivity contribution < 1.29 is 4.42 Å². The van der Waals surface area contributed by atoms with Crippen LogP contribution < -0.4 is 4.90 Å². The van der Waals surface area contributed by atoms with Crippen LogP contribution in [0.2, 0.25) is 0 Å². The molecule has 3 nitrogen and oxygen atoms in total. The average Bonchev–Trinajstić information content (AvgIpc) is 3.88. The Morgan fingerprint density at radius 1 is 0.462 bits per heavy atom. The van der Waals surface area contributed by atoms with Gasteiger partial charge in [0.05, 0.1) is 31.8 Å². The van der Waals surface area contributed by atoms with Crippen molar-refractivity contribution >= 4 is 92.3 Å². The summed E-state index contributed by atoms with van der Waals surface area (Å²) in [5, 5.41) is 7.21. The van der Waals surface area contributed by atoms with Crippen LogP contribution in [0.15, 0.2) is 186 Å². The fourth-order valence-electron chi connectivity index (χ4n) is 8.08. The lowest BCUT2D eigenvalue weighted by Crippen LogP contribution is -2.10. The first-order valence-corrected chi connectivity index (χ1v) is 18.4. The van der Waals surface area contributed by atoms with E-state index in [0.717, 1.165) is 44.7 Å². The van der Waals surface area contributed by atoms with Gasteiger partial charge >= 0.3 is 0 Å². The zero-order valence-electron chi connectivity index (χ0n) is 28.0. The summed E-state index contributed by atoms with van der Waals surface area (Å²) in [5.74, 6) is 0. The second kappa shape index (κ2) is 11.5. The van der Waals surface area contributed by atoms with Crippen LogP contribution in [0.25, 0.3) is 80.7 Å². The SMILES string of the molecule is c1ccc(-n2c3ccccc3c3sc4c(N(c5ccc(-c6cccc7ccccc67)cc5)c5cccc6c5oc5ccccc56)cccc4c32)cc1. The van der Waals surface area contributed by atoms with E-state index in [1.807, 2.05) is 17.4 Å². The van der Waals surface area contributed by atoms with E-state index < -0.39 is 0 Å². The van der Waals surface area contributed by atoms with Crippen molar-refractivity contribution in [3.05, 3.63) is 182 Å². The van der Waals surface area contributed by atoms with Crippen LogP contribution >= 0.6 is 11.3 Å². The molecule has 8 aromatic carbocycles. The summed E-state index contributed by atoms with van der Waals surface area (Å²) in [6, 6.07) is 65.2. The second-order valence-corrected chi connectivity index (χ2v) is 14.3. The minimum absolute atomic E-state index is 0.874. The van der Waals surface area contributed by atoms with Crippen molar-refractivity contribution in [2.75, 3.05) is 4.90 Å². The van der Waals surface area contributed by atoms with Crippen molar-refractivity contribution in [1.82, 2.24) is 4.57 Å². The molecular formula is C48H30N2OS. The molecule has 0 atom stereocenters. The maximum absolute atomic E-state index is 6.70. The number of anilines is 3. The van der Waals surface area contributed by atoms with Gasteiger partial charge in [-0.3, -0.25) is 0 Å². The van der Waals surface area contributed by atoms with Crippen LogP contribution in [0, 0.1) is 0 Å². The third-order valence-corrected chi connectivity index (χ3v) is 11.6. The number of thiophene rings is 1. The van der Waals surface area contributed by atoms with Crippen molar-refractivity contribution in [1.29, 1.82) is 0 Å². The lowest BCUT2D eigenvalue weighted by molar-refractivity contribution is 0.669. The molecule has 0 bridgehead atoms. The standard InChI is InChI=1S/C48H30N2OS/c1-2-15-33(16-3-1)50-41-23-8-6-19-39(41)48-45(50)40-22-12-25-43(47(40)52-48)49(42-24-11-21-38-37-18-7-9-26-44(37)51-46(38)42)34-29-27-32(28-30-34)36-20-10-14-31-13-4-5-17-35(31)36/h1-30H. The molecule has 0 fully saturated rings. The Kier molecular flexibility index (Phi) is 6.42. The van der Waals surface area contributed by atoms with E-state index in [-0.39, 0.29) is 0 Å². The minimum atomic E-state index is 0.874. The average molecular weight is 683 g/mol. The smallest absolute Gasteiger partial charge is 0.159 e. The Labute approximate surface area is 303 Å². The number of hydrogen-bond acceptors (Lipinski definition) is 3. The summed E-state index contributed by atoms with van der Waals surface area (Å²) in [7, 11) is 0. The third kappa shape index (κ3) is 4.31. The van der Waals surface area contributed by atoms with Crippen LogP contribution in [0.4, 0.5) is 17.1 Å². The second-order valence-electron chi connectivity index (χ2n) is 13.3. The summed E-state index contributed by atoms with van der Waals surface area (Å²) >= 11 is 1.87. The molecule has 0 saturated heterocycles. The number of para-hydroxylation sites is 4. The van der Waals surface area contributed by atoms with E-state index in [1.54, 1.807) is 0 Å². The highest BCUT2D eigenvalue weighted by atomic mass is 32.1. The monoisotopic (exact) mass is 682 g/mol. The number of aromatic nitrogens is 1. The third-order valence-electron chi connectivity index (χ3n) is 10.4. The topological polar surface area (TPSA) is 21.3 Å². The Balaban J connectivity index is 1.18. The van der Waals surface area contributed by atoms with Gasteiger partial charge in [0, 0.05) is 32.9 Å². The molecule has 3 aromatic heterocycles. The summed E-state index contributed by atoms with van der Waals surface area (Å²) in [6.45, 7) is 0. The molecule has 52 heavy (non-hydrogen) atoms. The van der Waals surface area contributed by atoms with Gasteiger partial charge in [-0.2, -0.15) is 0 Å². The van der Waals surface area contributed by atoms with Gasteiger partial charge in [0.2, 0.25) is 0 Å². The molecule has 11 rings (SSSR count). The quantitative estimate of drug-likeness (QED) is 0.180. The first-order valence-electron chi connectivity index (χ1n) is 17.6. The molecule has 0 N–H and O–H groups in total. The number of nitrogens with zero attached hydrogens (tertiary/aromatic N) is 2. The number of rotatable bonds is 5. The Hall–Kier alpha value is -6.62. The molecule has 0 amide bonds. The number of hydrogen-bond donors (Lipinski definition) is 0. The zero-order valence-corrected chi connectivity index (χ0v) is 28.8. The fourth-order valence-corrected chi connectivity index (χ4v) is 9.40. The number of benzene rings is 8. The first-order chi connectivity index (χ1) is 25.8. The zero-order chi connectivity index (χ0) is 34.2. The van der Waals surface area contributed by atoms with Crippen molar-refractivity contribution in [2.24, 2.45) is 0 Å². The highest BCUT2D eigenvalue weighted by molar-refractivity contribution is 7.27. The van der Waals surface area contributed by atoms with Crippen LogP contribution in [-0.2, 0) is 0 Å². The molecule has 0 unspecified atom stereocenters. The van der Waals surface area contributed by atoms with Gasteiger partial charge in [-0.1, -0.05) is 133 Å². The van der Waals surface area contributed by atoms with Gasteiger partial charge in [-0.05, 0) is 70.4 Å². The van der Waals surface area contributed by atoms with E-state index >= 15 is 0 Å². The molecular weight excluding hydrogens is 653 g/mol. The van der Waals surface area contributed by atoms with Crippen LogP contribution in [-0.4, -0.2) is 4.57 Å². The summed E-state index contributed by atoms with van der Waals surface area (Å²) in [4.78, 5) is 2.39. The Morgan fingerprint density at radius 3 is 1.98 bits per heavy atom. The normalized spacial score (nSPS) is 11.8. The molecule has 0 radical (unpaired) electrons. The van der Waals surface area contributed by atoms with E-state index in [4.69, 9.17) is 4.42 Å². The van der Waals surface area contributed by atoms with Crippen LogP contribution in [0.1, 0.15) is 0 Å². The van der Waals surface area contributed by atoms with Gasteiger partial charge in [0.25, 0.3) is 0 Å². The predicted octanol–water partition coefficient (Wildman–Crippen LogP) is 14.2. The van der Waals surface area contributed by atoms with E-state index in [2.05, 4.69) is 185 Å². The number of fused-ring (bicyclic) bond motifs is 9. The first kappa shape index (κ1) is 29.1. The Morgan fingerprint density at radius 2 is 1.12 bits per heavy atom. The predicted molar refractivity (Wildman–Crippen MR) is 221 cm³/mol. The molecule has 0 aliphatic rings. The van der Waals surface area contributed by atoms with Crippen molar-refractivity contribution in [2.45, 2.75) is 0 Å². The molecule has 0 saturated carbocycles. The van der Waals surface area contributed by atoms with Crippen molar-refractivity contribution in [3.63, 3.8) is 0 Å². The summed E-state index contributed by atoms with van der Waals surface area (Å²) < 4.78 is 11.6. The highest BCUT2D eigenvalue weighted by Crippen LogP contribution is 2.50. The largest absolute Gasteiger partial charge is 0.454 e. The van der Waals surface area contributed by atoms with Gasteiger partial charge in [0.15, 0.2) is 5.58 Å². The molecule has 3 heterocycles. The summed E-state index contributed by atoms with van der Waals surface area (Å²) in [5.41, 5.74) is 11.0. The van der Waals surface area contributed by atoms with Gasteiger partial charge in [0.1, 0.15) is 5.58 Å². The van der Waals surface area contributed by atoms with Crippen LogP contribution in [0.5, 0.6) is 0 Å². The van der Waals surface area contributed by atoms with Gasteiger partial charge in [-0.25, -0.2) is 0 Å². The highest BCUT2D eigenvalue weighted by Gasteiger charge is 2.25. The van der Waals surface area contributed by atoms with Crippen LogP contribution in [0.3, 0.4) is 0 Å². The fraction of sp³-hybridized carbons (Fsp3) is 0. The molecule has 0 aliphatic heterocycles. The van der Waals surface area contributed by atoms with Gasteiger partial charge < -0.3 is 13.9 Å². The van der Waals surface area contributed by atoms with Gasteiger partial charge in [-0.15, -0.1) is 11.3 Å². The van der Waals surface area contributed by atoms with E-state index in [0.29, 0.717) is 0 Å². The van der Waals surface area contributed by atoms with E-state index in [1.165, 1.54) is 53.1 Å². The molecule has 0 spiro atoms. The van der Waals surface area contributed by atoms with Crippen molar-refractivity contribution in [3.8, 4) is 16.8 Å². The maximum atomic E-state index is 6.70. The molecule has 11 aromatic rings. The molecule has 244 valence electrons. The molecule has 0 aliphatic carbocycles. The Bertz CT molecular complexity index is 3130. The minimum Gasteiger partial charge on any atom is -0.454 e. The summed E-state index contributed by atoms with van der Waals surface area (Å²) in [6.07, 6.45) is 0. The lowest BCUT2D eigenvalue weighted by atomic mass is 9.98. The maximum Gasteiger partial charge on any atom is 0.159 e. The van der Waals surface area contributed by atoms with E-state index in [9.17, 15) is 0 Å².